The average molecular weight is 411 g/mol. The molecule has 0 saturated carbocycles. The highest BCUT2D eigenvalue weighted by Gasteiger charge is 2.27. The van der Waals surface area contributed by atoms with Gasteiger partial charge in [-0.15, -0.1) is 0 Å². The van der Waals surface area contributed by atoms with E-state index in [0.29, 0.717) is 18.3 Å². The van der Waals surface area contributed by atoms with Gasteiger partial charge in [-0.25, -0.2) is 9.97 Å². The van der Waals surface area contributed by atoms with Gasteiger partial charge in [0.25, 0.3) is 5.91 Å². The standard InChI is InChI=1S/C26H26N4O/c1-16-12-13-23-20(14-16)25(19-9-5-7-11-22(19)28-23)26(31)30(3)15-24-27-17(2)18-8-4-6-10-21(18)29-24/h4-11,16H,12-15H2,1-3H3. The minimum atomic E-state index is 0.0124. The lowest BCUT2D eigenvalue weighted by Gasteiger charge is -2.26. The lowest BCUT2D eigenvalue weighted by molar-refractivity contribution is 0.0781. The highest BCUT2D eigenvalue weighted by atomic mass is 16.2. The summed E-state index contributed by atoms with van der Waals surface area (Å²) in [5.74, 6) is 1.23. The molecule has 0 spiro atoms. The first-order valence-corrected chi connectivity index (χ1v) is 10.9. The number of nitrogens with zero attached hydrogens (tertiary/aromatic N) is 4. The summed E-state index contributed by atoms with van der Waals surface area (Å²) in [6, 6.07) is 16.0. The Morgan fingerprint density at radius 1 is 1.00 bits per heavy atom. The number of hydrogen-bond donors (Lipinski definition) is 0. The quantitative estimate of drug-likeness (QED) is 0.483. The van der Waals surface area contributed by atoms with Crippen LogP contribution in [0.1, 0.15) is 46.5 Å². The maximum atomic E-state index is 13.7. The topological polar surface area (TPSA) is 59.0 Å². The Hall–Kier alpha value is -3.34. The summed E-state index contributed by atoms with van der Waals surface area (Å²) in [5, 5.41) is 1.98. The van der Waals surface area contributed by atoms with Crippen molar-refractivity contribution in [3.05, 3.63) is 76.9 Å². The maximum Gasteiger partial charge on any atom is 0.255 e. The molecule has 2 aromatic carbocycles. The van der Waals surface area contributed by atoms with Crippen molar-refractivity contribution in [2.24, 2.45) is 5.92 Å². The minimum Gasteiger partial charge on any atom is -0.334 e. The van der Waals surface area contributed by atoms with E-state index >= 15 is 0 Å². The number of para-hydroxylation sites is 2. The molecule has 31 heavy (non-hydrogen) atoms. The van der Waals surface area contributed by atoms with E-state index in [9.17, 15) is 4.79 Å². The fourth-order valence-electron chi connectivity index (χ4n) is 4.65. The first kappa shape index (κ1) is 19.6. The average Bonchev–Trinajstić information content (AvgIpc) is 2.77. The molecule has 0 saturated heterocycles. The highest BCUT2D eigenvalue weighted by molar-refractivity contribution is 6.07. The second-order valence-corrected chi connectivity index (χ2v) is 8.68. The predicted molar refractivity (Wildman–Crippen MR) is 123 cm³/mol. The number of aromatic nitrogens is 3. The normalized spacial score (nSPS) is 15.8. The van der Waals surface area contributed by atoms with Gasteiger partial charge in [-0.1, -0.05) is 43.3 Å². The number of pyridine rings is 1. The minimum absolute atomic E-state index is 0.0124. The van der Waals surface area contributed by atoms with Crippen molar-refractivity contribution in [2.75, 3.05) is 7.05 Å². The summed E-state index contributed by atoms with van der Waals surface area (Å²) in [5.41, 5.74) is 5.72. The third kappa shape index (κ3) is 3.54. The molecule has 5 rings (SSSR count). The number of aryl methyl sites for hydroxylation is 2. The Labute approximate surface area is 182 Å². The fraction of sp³-hybridized carbons (Fsp3) is 0.308. The molecule has 1 aliphatic carbocycles. The maximum absolute atomic E-state index is 13.7. The van der Waals surface area contributed by atoms with E-state index in [1.165, 1.54) is 0 Å². The predicted octanol–water partition coefficient (Wildman–Crippen LogP) is 4.88. The van der Waals surface area contributed by atoms with Gasteiger partial charge in [-0.2, -0.15) is 0 Å². The van der Waals surface area contributed by atoms with Gasteiger partial charge < -0.3 is 4.90 Å². The summed E-state index contributed by atoms with van der Waals surface area (Å²) in [6.45, 7) is 4.61. The number of hydrogen-bond acceptors (Lipinski definition) is 4. The lowest BCUT2D eigenvalue weighted by Crippen LogP contribution is -2.30. The van der Waals surface area contributed by atoms with Gasteiger partial charge in [0.1, 0.15) is 5.82 Å². The molecule has 2 heterocycles. The van der Waals surface area contributed by atoms with Crippen molar-refractivity contribution in [1.82, 2.24) is 19.9 Å². The van der Waals surface area contributed by atoms with Crippen molar-refractivity contribution in [3.63, 3.8) is 0 Å². The summed E-state index contributed by atoms with van der Waals surface area (Å²) < 4.78 is 0. The summed E-state index contributed by atoms with van der Waals surface area (Å²) in [4.78, 5) is 29.7. The van der Waals surface area contributed by atoms with Crippen LogP contribution in [0.25, 0.3) is 21.8 Å². The highest BCUT2D eigenvalue weighted by Crippen LogP contribution is 2.32. The van der Waals surface area contributed by atoms with Crippen LogP contribution in [0, 0.1) is 12.8 Å². The van der Waals surface area contributed by atoms with Crippen LogP contribution in [0.5, 0.6) is 0 Å². The molecular weight excluding hydrogens is 384 g/mol. The van der Waals surface area contributed by atoms with Gasteiger partial charge in [-0.05, 0) is 49.8 Å². The van der Waals surface area contributed by atoms with Crippen molar-refractivity contribution < 1.29 is 4.79 Å². The molecule has 0 bridgehead atoms. The second-order valence-electron chi connectivity index (χ2n) is 8.68. The molecule has 0 fully saturated rings. The molecule has 5 heteroatoms. The molecule has 1 atom stereocenters. The van der Waals surface area contributed by atoms with E-state index in [-0.39, 0.29) is 5.91 Å². The number of fused-ring (bicyclic) bond motifs is 3. The first-order valence-electron chi connectivity index (χ1n) is 10.9. The molecule has 1 unspecified atom stereocenters. The van der Waals surface area contributed by atoms with Crippen molar-refractivity contribution in [1.29, 1.82) is 0 Å². The molecule has 1 aliphatic rings. The SMILES string of the molecule is Cc1nc(CN(C)C(=O)c2c3c(nc4ccccc24)CCC(C)C3)nc2ccccc12. The van der Waals surface area contributed by atoms with Gasteiger partial charge in [-0.3, -0.25) is 9.78 Å². The molecule has 0 N–H and O–H groups in total. The van der Waals surface area contributed by atoms with Crippen LogP contribution in [-0.4, -0.2) is 32.8 Å². The van der Waals surface area contributed by atoms with E-state index in [2.05, 4.69) is 11.9 Å². The molecule has 2 aromatic heterocycles. The van der Waals surface area contributed by atoms with Crippen LogP contribution in [0.3, 0.4) is 0 Å². The number of amides is 1. The monoisotopic (exact) mass is 410 g/mol. The van der Waals surface area contributed by atoms with E-state index in [1.807, 2.05) is 62.5 Å². The van der Waals surface area contributed by atoms with Gasteiger partial charge in [0.05, 0.1) is 23.1 Å². The third-order valence-corrected chi connectivity index (χ3v) is 6.28. The van der Waals surface area contributed by atoms with Crippen LogP contribution in [0.15, 0.2) is 48.5 Å². The zero-order valence-electron chi connectivity index (χ0n) is 18.2. The zero-order chi connectivity index (χ0) is 21.5. The Bertz CT molecular complexity index is 1310. The molecular formula is C26H26N4O. The fourth-order valence-corrected chi connectivity index (χ4v) is 4.65. The van der Waals surface area contributed by atoms with Gasteiger partial charge in [0.2, 0.25) is 0 Å². The van der Waals surface area contributed by atoms with Crippen LogP contribution in [0.4, 0.5) is 0 Å². The largest absolute Gasteiger partial charge is 0.334 e. The van der Waals surface area contributed by atoms with Crippen LogP contribution in [-0.2, 0) is 19.4 Å². The third-order valence-electron chi connectivity index (χ3n) is 6.28. The molecule has 4 aromatic rings. The molecule has 0 aliphatic heterocycles. The lowest BCUT2D eigenvalue weighted by atomic mass is 9.84. The smallest absolute Gasteiger partial charge is 0.255 e. The van der Waals surface area contributed by atoms with Crippen molar-refractivity contribution in [3.8, 4) is 0 Å². The second kappa shape index (κ2) is 7.73. The molecule has 5 nitrogen and oxygen atoms in total. The summed E-state index contributed by atoms with van der Waals surface area (Å²) in [6.07, 6.45) is 2.94. The van der Waals surface area contributed by atoms with E-state index in [1.54, 1.807) is 4.90 Å². The number of rotatable bonds is 3. The molecule has 0 radical (unpaired) electrons. The number of benzene rings is 2. The van der Waals surface area contributed by atoms with Crippen LogP contribution >= 0.6 is 0 Å². The molecule has 156 valence electrons. The Morgan fingerprint density at radius 3 is 2.45 bits per heavy atom. The van der Waals surface area contributed by atoms with Crippen LogP contribution in [0.2, 0.25) is 0 Å². The Kier molecular flexibility index (Phi) is 4.89. The van der Waals surface area contributed by atoms with E-state index in [4.69, 9.17) is 9.97 Å². The summed E-state index contributed by atoms with van der Waals surface area (Å²) >= 11 is 0. The Balaban J connectivity index is 1.55. The zero-order valence-corrected chi connectivity index (χ0v) is 18.2. The van der Waals surface area contributed by atoms with Gasteiger partial charge in [0, 0.05) is 29.2 Å². The van der Waals surface area contributed by atoms with Crippen molar-refractivity contribution in [2.45, 2.75) is 39.7 Å². The van der Waals surface area contributed by atoms with Crippen molar-refractivity contribution >= 4 is 27.7 Å². The summed E-state index contributed by atoms with van der Waals surface area (Å²) in [7, 11) is 1.84. The van der Waals surface area contributed by atoms with E-state index in [0.717, 1.165) is 63.6 Å². The van der Waals surface area contributed by atoms with Crippen LogP contribution < -0.4 is 0 Å². The Morgan fingerprint density at radius 2 is 1.68 bits per heavy atom. The molecule has 1 amide bonds. The number of carbonyl (C=O) groups excluding carboxylic acids is 1. The van der Waals surface area contributed by atoms with Gasteiger partial charge in [0.15, 0.2) is 0 Å². The number of carbonyl (C=O) groups is 1. The van der Waals surface area contributed by atoms with Gasteiger partial charge >= 0.3 is 0 Å². The van der Waals surface area contributed by atoms with E-state index < -0.39 is 0 Å². The first-order chi connectivity index (χ1) is 15.0.